The molecule has 2 aromatic rings. The first-order valence-electron chi connectivity index (χ1n) is 13.9. The molecule has 16 heteroatoms. The van der Waals surface area contributed by atoms with E-state index in [1.54, 1.807) is 6.07 Å². The van der Waals surface area contributed by atoms with Crippen molar-refractivity contribution in [2.75, 3.05) is 17.3 Å². The molecule has 1 aromatic heterocycles. The molecule has 2 amide bonds. The zero-order valence-electron chi connectivity index (χ0n) is 24.4. The second-order valence-corrected chi connectivity index (χ2v) is 14.5. The highest BCUT2D eigenvalue weighted by atomic mass is 35.5. The highest BCUT2D eigenvalue weighted by Crippen LogP contribution is 2.42. The molecule has 6 N–H and O–H groups in total. The Bertz CT molecular complexity index is 1530. The molecule has 1 saturated heterocycles. The topological polar surface area (TPSA) is 174 Å². The molecule has 0 saturated carbocycles. The first kappa shape index (κ1) is 35.4. The van der Waals surface area contributed by atoms with E-state index < -0.39 is 41.2 Å². The van der Waals surface area contributed by atoms with Crippen LogP contribution in [-0.2, 0) is 32.3 Å². The number of aryl methyl sites for hydroxylation is 2. The van der Waals surface area contributed by atoms with Gasteiger partial charge in [0.2, 0.25) is 5.91 Å². The fourth-order valence-electron chi connectivity index (χ4n) is 5.04. The van der Waals surface area contributed by atoms with Crippen LogP contribution in [0.15, 0.2) is 45.3 Å². The molecule has 0 unspecified atom stereocenters. The van der Waals surface area contributed by atoms with Gasteiger partial charge in [-0.15, -0.1) is 35.3 Å². The maximum Gasteiger partial charge on any atom is 0.352 e. The van der Waals surface area contributed by atoms with Gasteiger partial charge >= 0.3 is 11.9 Å². The highest BCUT2D eigenvalue weighted by Gasteiger charge is 2.54. The molecule has 0 spiro atoms. The molecule has 1 fully saturated rings. The summed E-state index contributed by atoms with van der Waals surface area (Å²) in [5.41, 5.74) is 8.62. The first-order chi connectivity index (χ1) is 21.3. The minimum Gasteiger partial charge on any atom is -0.480 e. The standard InChI is InChI=1S/C29H32Cl2N4O7S3/c1-14-6-18(7-15(2)34(14)5-3-4-21(32)28(39)40)43-11-17-12-45-27-24(26(38)35(27)25(17)29(41)42)33-23(37)13-44-22-9-19(30)16(10-36)8-20(22)31/h6-9,21,24,27,36H,3-5,10-13,32H2,1-2H3,(H2-,33,37,39,40,41,42)/p+1/t21-,24-,27+/m0/s1. The van der Waals surface area contributed by atoms with Gasteiger partial charge in [-0.1, -0.05) is 23.2 Å². The molecule has 4 rings (SSSR count). The van der Waals surface area contributed by atoms with Crippen molar-refractivity contribution in [1.29, 1.82) is 0 Å². The minimum absolute atomic E-state index is 0.0367. The fourth-order valence-corrected chi connectivity index (χ4v) is 9.01. The third-order valence-corrected chi connectivity index (χ3v) is 11.6. The van der Waals surface area contributed by atoms with Crippen molar-refractivity contribution in [3.63, 3.8) is 0 Å². The van der Waals surface area contributed by atoms with Crippen molar-refractivity contribution in [3.05, 3.63) is 62.5 Å². The number of thioether (sulfide) groups is 3. The van der Waals surface area contributed by atoms with Gasteiger partial charge in [-0.2, -0.15) is 0 Å². The molecule has 2 aliphatic heterocycles. The monoisotopic (exact) mass is 715 g/mol. The largest absolute Gasteiger partial charge is 0.480 e. The fraction of sp³-hybridized carbons (Fsp3) is 0.414. The summed E-state index contributed by atoms with van der Waals surface area (Å²) in [5.74, 6) is -2.37. The van der Waals surface area contributed by atoms with Gasteiger partial charge in [0.05, 0.1) is 17.4 Å². The van der Waals surface area contributed by atoms with E-state index in [0.717, 1.165) is 28.0 Å². The number of carboxylic acid groups (broad SMARTS) is 2. The Morgan fingerprint density at radius 2 is 1.82 bits per heavy atom. The highest BCUT2D eigenvalue weighted by molar-refractivity contribution is 8.01. The number of carbonyl (C=O) groups excluding carboxylic acids is 2. The van der Waals surface area contributed by atoms with Gasteiger partial charge in [-0.3, -0.25) is 19.3 Å². The van der Waals surface area contributed by atoms with Crippen LogP contribution in [0.5, 0.6) is 0 Å². The third-order valence-electron chi connectivity index (χ3n) is 7.38. The second-order valence-electron chi connectivity index (χ2n) is 10.5. The Hall–Kier alpha value is -2.46. The molecule has 0 radical (unpaired) electrons. The van der Waals surface area contributed by atoms with E-state index in [9.17, 15) is 29.4 Å². The van der Waals surface area contributed by atoms with Gasteiger partial charge in [0.25, 0.3) is 5.91 Å². The van der Waals surface area contributed by atoms with Crippen LogP contribution >= 0.6 is 58.5 Å². The number of carbonyl (C=O) groups is 4. The normalized spacial score (nSPS) is 18.4. The molecule has 242 valence electrons. The smallest absolute Gasteiger partial charge is 0.352 e. The average Bonchev–Trinajstić information content (AvgIpc) is 2.99. The van der Waals surface area contributed by atoms with Crippen LogP contribution < -0.4 is 15.6 Å². The van der Waals surface area contributed by atoms with Crippen LogP contribution in [-0.4, -0.2) is 78.7 Å². The average molecular weight is 717 g/mol. The number of nitrogens with zero attached hydrogens (tertiary/aromatic N) is 2. The number of aliphatic hydroxyl groups is 1. The summed E-state index contributed by atoms with van der Waals surface area (Å²) in [6.07, 6.45) is 0.984. The Balaban J connectivity index is 1.36. The maximum absolute atomic E-state index is 13.1. The Morgan fingerprint density at radius 1 is 1.13 bits per heavy atom. The number of nitrogens with two attached hydrogens (primary N) is 1. The predicted octanol–water partition coefficient (Wildman–Crippen LogP) is 3.21. The van der Waals surface area contributed by atoms with Crippen LogP contribution in [0.3, 0.4) is 0 Å². The van der Waals surface area contributed by atoms with E-state index in [1.807, 2.05) is 26.0 Å². The van der Waals surface area contributed by atoms with Crippen molar-refractivity contribution in [2.24, 2.45) is 5.73 Å². The number of amides is 2. The summed E-state index contributed by atoms with van der Waals surface area (Å²) in [7, 11) is 0. The molecule has 0 aliphatic carbocycles. The van der Waals surface area contributed by atoms with Crippen LogP contribution in [0, 0.1) is 13.8 Å². The molecular formula is C29H33Cl2N4O7S3+. The van der Waals surface area contributed by atoms with Gasteiger partial charge < -0.3 is 26.4 Å². The minimum atomic E-state index is -1.19. The number of carboxylic acids is 2. The Kier molecular flexibility index (Phi) is 12.1. The number of aromatic nitrogens is 1. The Morgan fingerprint density at radius 3 is 2.44 bits per heavy atom. The lowest BCUT2D eigenvalue weighted by atomic mass is 10.0. The van der Waals surface area contributed by atoms with E-state index in [-0.39, 0.29) is 18.1 Å². The number of fused-ring (bicyclic) bond motifs is 1. The van der Waals surface area contributed by atoms with Crippen LogP contribution in [0.25, 0.3) is 0 Å². The molecule has 3 atom stereocenters. The molecular weight excluding hydrogens is 683 g/mol. The number of benzene rings is 1. The first-order valence-corrected chi connectivity index (χ1v) is 17.6. The quantitative estimate of drug-likeness (QED) is 0.110. The molecule has 45 heavy (non-hydrogen) atoms. The lowest BCUT2D eigenvalue weighted by Crippen LogP contribution is -2.70. The number of nitrogens with one attached hydrogen (secondary N) is 1. The van der Waals surface area contributed by atoms with Crippen molar-refractivity contribution >= 4 is 82.2 Å². The summed E-state index contributed by atoms with van der Waals surface area (Å²) in [6.45, 7) is 4.28. The number of hydrogen-bond donors (Lipinski definition) is 5. The summed E-state index contributed by atoms with van der Waals surface area (Å²) in [6, 6.07) is 5.36. The number of hydrogen-bond acceptors (Lipinski definition) is 9. The third kappa shape index (κ3) is 8.28. The van der Waals surface area contributed by atoms with Gasteiger partial charge in [0.15, 0.2) is 11.4 Å². The molecule has 2 aliphatic rings. The predicted molar refractivity (Wildman–Crippen MR) is 174 cm³/mol. The van der Waals surface area contributed by atoms with E-state index in [4.69, 9.17) is 34.0 Å². The summed E-state index contributed by atoms with van der Waals surface area (Å²) >= 11 is 16.4. The zero-order chi connectivity index (χ0) is 33.0. The van der Waals surface area contributed by atoms with Gasteiger partial charge in [0.1, 0.15) is 29.7 Å². The molecule has 3 heterocycles. The Labute approximate surface area is 282 Å². The number of β-lactam (4-membered cyclic amide) rings is 1. The van der Waals surface area contributed by atoms with Crippen molar-refractivity contribution in [1.82, 2.24) is 10.2 Å². The number of rotatable bonds is 14. The van der Waals surface area contributed by atoms with E-state index in [1.165, 1.54) is 34.5 Å². The second kappa shape index (κ2) is 15.4. The summed E-state index contributed by atoms with van der Waals surface area (Å²) < 4.78 is 2.09. The van der Waals surface area contributed by atoms with Crippen molar-refractivity contribution in [2.45, 2.75) is 67.1 Å². The molecule has 1 aromatic carbocycles. The number of halogens is 2. The van der Waals surface area contributed by atoms with Crippen LogP contribution in [0.1, 0.15) is 29.8 Å². The maximum atomic E-state index is 13.1. The van der Waals surface area contributed by atoms with Crippen molar-refractivity contribution < 1.29 is 39.1 Å². The van der Waals surface area contributed by atoms with Crippen LogP contribution in [0.2, 0.25) is 10.0 Å². The summed E-state index contributed by atoms with van der Waals surface area (Å²) in [5, 5.41) is 31.2. The van der Waals surface area contributed by atoms with E-state index in [0.29, 0.717) is 57.0 Å². The lowest BCUT2D eigenvalue weighted by Gasteiger charge is -2.49. The summed E-state index contributed by atoms with van der Waals surface area (Å²) in [4.78, 5) is 51.8. The van der Waals surface area contributed by atoms with Crippen LogP contribution in [0.4, 0.5) is 0 Å². The van der Waals surface area contributed by atoms with Gasteiger partial charge in [0, 0.05) is 58.7 Å². The zero-order valence-corrected chi connectivity index (χ0v) is 28.4. The number of aliphatic hydroxyl groups excluding tert-OH is 1. The van der Waals surface area contributed by atoms with E-state index in [2.05, 4.69) is 9.88 Å². The lowest BCUT2D eigenvalue weighted by molar-refractivity contribution is -0.709. The van der Waals surface area contributed by atoms with Gasteiger partial charge in [-0.25, -0.2) is 9.36 Å². The van der Waals surface area contributed by atoms with E-state index >= 15 is 0 Å². The number of pyridine rings is 1. The molecule has 0 bridgehead atoms. The van der Waals surface area contributed by atoms with Gasteiger partial charge in [-0.05, 0) is 29.7 Å². The SMILES string of the molecule is Cc1cc(SCC2=C(C(=O)O)N3C(=O)[C@H](NC(=O)CSc4cc(Cl)c(CO)cc4Cl)[C@H]3SC2)cc(C)[n+]1CCC[C@H](N)C(=O)O. The number of aliphatic carboxylic acids is 2. The molecule has 11 nitrogen and oxygen atoms in total. The van der Waals surface area contributed by atoms with Crippen molar-refractivity contribution in [3.8, 4) is 0 Å².